The second-order valence-corrected chi connectivity index (χ2v) is 7.29. The molecule has 0 aliphatic carbocycles. The highest BCUT2D eigenvalue weighted by atomic mass is 19.4. The van der Waals surface area contributed by atoms with E-state index in [-0.39, 0.29) is 5.69 Å². The predicted molar refractivity (Wildman–Crippen MR) is 114 cm³/mol. The van der Waals surface area contributed by atoms with E-state index in [2.05, 4.69) is 5.32 Å². The molecule has 1 heterocycles. The number of rotatable bonds is 6. The summed E-state index contributed by atoms with van der Waals surface area (Å²) >= 11 is 0. The van der Waals surface area contributed by atoms with E-state index in [0.29, 0.717) is 37.6 Å². The number of anilines is 2. The van der Waals surface area contributed by atoms with Crippen LogP contribution in [0.2, 0.25) is 0 Å². The number of carbonyl (C=O) groups is 2. The zero-order chi connectivity index (χ0) is 24.0. The number of nitrogens with one attached hydrogen (secondary N) is 1. The molecule has 0 saturated carbocycles. The highest BCUT2D eigenvalue weighted by molar-refractivity contribution is 5.99. The lowest BCUT2D eigenvalue weighted by Crippen LogP contribution is -2.37. The molecule has 3 rings (SSSR count). The van der Waals surface area contributed by atoms with Gasteiger partial charge in [0.2, 0.25) is 0 Å². The number of halogens is 4. The minimum absolute atomic E-state index is 0.0464. The Bertz CT molecular complexity index is 1030. The number of esters is 1. The topological polar surface area (TPSA) is 67.9 Å². The first-order chi connectivity index (χ1) is 15.6. The van der Waals surface area contributed by atoms with E-state index >= 15 is 0 Å². The van der Waals surface area contributed by atoms with Crippen molar-refractivity contribution in [1.82, 2.24) is 0 Å². The summed E-state index contributed by atoms with van der Waals surface area (Å²) in [5, 5.41) is 2.43. The molecular weight excluding hydrogens is 444 g/mol. The third kappa shape index (κ3) is 6.79. The first kappa shape index (κ1) is 24.2. The summed E-state index contributed by atoms with van der Waals surface area (Å²) in [6, 6.07) is 8.59. The average molecular weight is 466 g/mol. The van der Waals surface area contributed by atoms with Gasteiger partial charge in [0.15, 0.2) is 6.10 Å². The van der Waals surface area contributed by atoms with Crippen LogP contribution in [0.3, 0.4) is 0 Å². The van der Waals surface area contributed by atoms with E-state index in [1.54, 1.807) is 11.0 Å². The molecule has 0 bridgehead atoms. The summed E-state index contributed by atoms with van der Waals surface area (Å²) < 4.78 is 63.1. The third-order valence-electron chi connectivity index (χ3n) is 4.86. The van der Waals surface area contributed by atoms with E-state index in [1.165, 1.54) is 37.3 Å². The largest absolute Gasteiger partial charge is 0.449 e. The molecule has 33 heavy (non-hydrogen) atoms. The minimum atomic E-state index is -4.59. The summed E-state index contributed by atoms with van der Waals surface area (Å²) in [5.74, 6) is -2.13. The van der Waals surface area contributed by atoms with Crippen LogP contribution in [-0.4, -0.2) is 44.3 Å². The average Bonchev–Trinajstić information content (AvgIpc) is 2.77. The van der Waals surface area contributed by atoms with Crippen molar-refractivity contribution in [2.45, 2.75) is 19.2 Å². The van der Waals surface area contributed by atoms with Gasteiger partial charge in [-0.25, -0.2) is 9.18 Å². The van der Waals surface area contributed by atoms with Gasteiger partial charge in [-0.1, -0.05) is 12.1 Å². The van der Waals surface area contributed by atoms with Crippen molar-refractivity contribution >= 4 is 29.3 Å². The standard InChI is InChI=1S/C23H22F4N2O4/c1-15(33-21(30)8-5-16-3-2-4-18(24)13-16)22(31)28-19-14-17(23(25,26)27)6-7-20(19)29-9-11-32-12-10-29/h2-8,13-15H,9-12H2,1H3,(H,28,31)/b8-5+. The Morgan fingerprint density at radius 1 is 1.15 bits per heavy atom. The Morgan fingerprint density at radius 3 is 2.55 bits per heavy atom. The Morgan fingerprint density at radius 2 is 1.88 bits per heavy atom. The van der Waals surface area contributed by atoms with Gasteiger partial charge in [0.05, 0.1) is 30.2 Å². The van der Waals surface area contributed by atoms with Gasteiger partial charge in [0, 0.05) is 19.2 Å². The van der Waals surface area contributed by atoms with E-state index < -0.39 is 35.5 Å². The van der Waals surface area contributed by atoms with Crippen molar-refractivity contribution in [3.8, 4) is 0 Å². The number of ether oxygens (including phenoxy) is 2. The zero-order valence-electron chi connectivity index (χ0n) is 17.7. The van der Waals surface area contributed by atoms with Crippen LogP contribution in [-0.2, 0) is 25.2 Å². The molecule has 1 saturated heterocycles. The highest BCUT2D eigenvalue weighted by Gasteiger charge is 2.32. The fraction of sp³-hybridized carbons (Fsp3) is 0.304. The van der Waals surface area contributed by atoms with E-state index in [1.807, 2.05) is 0 Å². The normalized spacial score (nSPS) is 15.4. The highest BCUT2D eigenvalue weighted by Crippen LogP contribution is 2.36. The summed E-state index contributed by atoms with van der Waals surface area (Å²) in [6.45, 7) is 3.00. The van der Waals surface area contributed by atoms with Crippen LogP contribution in [0.25, 0.3) is 6.08 Å². The molecular formula is C23H22F4N2O4. The Balaban J connectivity index is 1.71. The lowest BCUT2D eigenvalue weighted by atomic mass is 10.1. The molecule has 0 aromatic heterocycles. The van der Waals surface area contributed by atoms with Gasteiger partial charge in [-0.2, -0.15) is 13.2 Å². The maximum atomic E-state index is 13.2. The van der Waals surface area contributed by atoms with Gasteiger partial charge < -0.3 is 19.7 Å². The second kappa shape index (κ2) is 10.5. The lowest BCUT2D eigenvalue weighted by Gasteiger charge is -2.31. The molecule has 2 aromatic rings. The smallest absolute Gasteiger partial charge is 0.416 e. The summed E-state index contributed by atoms with van der Waals surface area (Å²) in [4.78, 5) is 26.4. The number of morpholine rings is 1. The van der Waals surface area contributed by atoms with Crippen molar-refractivity contribution in [2.24, 2.45) is 0 Å². The van der Waals surface area contributed by atoms with Crippen LogP contribution < -0.4 is 10.2 Å². The molecule has 176 valence electrons. The van der Waals surface area contributed by atoms with E-state index in [0.717, 1.165) is 18.2 Å². The number of hydrogen-bond donors (Lipinski definition) is 1. The Hall–Kier alpha value is -3.40. The van der Waals surface area contributed by atoms with E-state index in [9.17, 15) is 27.2 Å². The zero-order valence-corrected chi connectivity index (χ0v) is 17.7. The van der Waals surface area contributed by atoms with Crippen LogP contribution in [0.1, 0.15) is 18.1 Å². The number of nitrogens with zero attached hydrogens (tertiary/aromatic N) is 1. The maximum Gasteiger partial charge on any atom is 0.416 e. The third-order valence-corrected chi connectivity index (χ3v) is 4.86. The molecule has 1 N–H and O–H groups in total. The summed E-state index contributed by atoms with van der Waals surface area (Å²) in [5.41, 5.74) is -0.139. The van der Waals surface area contributed by atoms with Gasteiger partial charge in [-0.3, -0.25) is 4.79 Å². The van der Waals surface area contributed by atoms with Gasteiger partial charge in [-0.05, 0) is 48.9 Å². The molecule has 1 aliphatic rings. The van der Waals surface area contributed by atoms with Crippen LogP contribution in [0.4, 0.5) is 28.9 Å². The van der Waals surface area contributed by atoms with Crippen LogP contribution in [0.15, 0.2) is 48.5 Å². The monoisotopic (exact) mass is 466 g/mol. The van der Waals surface area contributed by atoms with Gasteiger partial charge in [0.25, 0.3) is 5.91 Å². The van der Waals surface area contributed by atoms with Crippen molar-refractivity contribution in [3.05, 3.63) is 65.5 Å². The summed E-state index contributed by atoms with van der Waals surface area (Å²) in [7, 11) is 0. The number of hydrogen-bond acceptors (Lipinski definition) is 5. The molecule has 1 atom stereocenters. The minimum Gasteiger partial charge on any atom is -0.449 e. The van der Waals surface area contributed by atoms with Crippen molar-refractivity contribution < 1.29 is 36.6 Å². The fourth-order valence-electron chi connectivity index (χ4n) is 3.17. The number of alkyl halides is 3. The first-order valence-electron chi connectivity index (χ1n) is 10.1. The van der Waals surface area contributed by atoms with E-state index in [4.69, 9.17) is 9.47 Å². The van der Waals surface area contributed by atoms with Crippen molar-refractivity contribution in [3.63, 3.8) is 0 Å². The molecule has 1 unspecified atom stereocenters. The number of carbonyl (C=O) groups excluding carboxylic acids is 2. The van der Waals surface area contributed by atoms with Gasteiger partial charge in [-0.15, -0.1) is 0 Å². The first-order valence-corrected chi connectivity index (χ1v) is 10.1. The van der Waals surface area contributed by atoms with Crippen molar-refractivity contribution in [1.29, 1.82) is 0 Å². The predicted octanol–water partition coefficient (Wildman–Crippen LogP) is 4.26. The second-order valence-electron chi connectivity index (χ2n) is 7.29. The SMILES string of the molecule is CC(OC(=O)/C=C/c1cccc(F)c1)C(=O)Nc1cc(C(F)(F)F)ccc1N1CCOCC1. The van der Waals surface area contributed by atoms with Crippen LogP contribution in [0, 0.1) is 5.82 Å². The summed E-state index contributed by atoms with van der Waals surface area (Å²) in [6.07, 6.45) is -3.54. The lowest BCUT2D eigenvalue weighted by molar-refractivity contribution is -0.148. The molecule has 10 heteroatoms. The molecule has 1 aliphatic heterocycles. The Kier molecular flexibility index (Phi) is 7.70. The van der Waals surface area contributed by atoms with Crippen LogP contribution >= 0.6 is 0 Å². The Labute approximate surface area is 187 Å². The van der Waals surface area contributed by atoms with Gasteiger partial charge >= 0.3 is 12.1 Å². The maximum absolute atomic E-state index is 13.2. The van der Waals surface area contributed by atoms with Crippen molar-refractivity contribution in [2.75, 3.05) is 36.5 Å². The molecule has 1 amide bonds. The van der Waals surface area contributed by atoms with Gasteiger partial charge in [0.1, 0.15) is 5.82 Å². The van der Waals surface area contributed by atoms with Crippen LogP contribution in [0.5, 0.6) is 0 Å². The molecule has 6 nitrogen and oxygen atoms in total. The molecule has 0 radical (unpaired) electrons. The molecule has 2 aromatic carbocycles. The molecule has 0 spiro atoms. The number of amides is 1. The fourth-order valence-corrected chi connectivity index (χ4v) is 3.17. The molecule has 1 fully saturated rings. The number of benzene rings is 2. The quantitative estimate of drug-likeness (QED) is 0.392.